The van der Waals surface area contributed by atoms with Gasteiger partial charge in [-0.25, -0.2) is 0 Å². The number of fused-ring (bicyclic) bond motifs is 1. The van der Waals surface area contributed by atoms with Crippen molar-refractivity contribution in [1.29, 1.82) is 0 Å². The first-order chi connectivity index (χ1) is 8.36. The van der Waals surface area contributed by atoms with Crippen molar-refractivity contribution in [3.63, 3.8) is 0 Å². The Kier molecular flexibility index (Phi) is 6.62. The fourth-order valence-corrected chi connectivity index (χ4v) is 1.98. The van der Waals surface area contributed by atoms with Crippen LogP contribution < -0.4 is 9.80 Å². The monoisotopic (exact) mass is 337 g/mol. The van der Waals surface area contributed by atoms with E-state index in [2.05, 4.69) is 40.7 Å². The molecule has 1 aliphatic heterocycles. The van der Waals surface area contributed by atoms with E-state index in [1.807, 2.05) is 0 Å². The van der Waals surface area contributed by atoms with Crippen LogP contribution in [-0.4, -0.2) is 40.5 Å². The maximum Gasteiger partial charge on any atom is 1.00 e. The number of benzene rings is 1. The zero-order valence-corrected chi connectivity index (χ0v) is 12.5. The van der Waals surface area contributed by atoms with Crippen LogP contribution in [0.1, 0.15) is 0 Å². The Labute approximate surface area is 122 Å². The molecule has 0 saturated carbocycles. The van der Waals surface area contributed by atoms with Crippen molar-refractivity contribution in [3.8, 4) is 0 Å². The molecule has 0 fully saturated rings. The van der Waals surface area contributed by atoms with Gasteiger partial charge in [0.2, 0.25) is 0 Å². The quantitative estimate of drug-likeness (QED) is 0.583. The first kappa shape index (κ1) is 15.4. The molecule has 0 N–H and O–H groups in total. The van der Waals surface area contributed by atoms with Crippen LogP contribution in [0.15, 0.2) is 24.3 Å². The molecule has 0 bridgehead atoms. The van der Waals surface area contributed by atoms with Crippen LogP contribution in [0, 0.1) is 6.67 Å². The number of hydrogen-bond acceptors (Lipinski definition) is 4. The molecule has 0 aromatic heterocycles. The van der Waals surface area contributed by atoms with E-state index in [-0.39, 0.29) is 19.5 Å². The first-order valence-corrected chi connectivity index (χ1v) is 5.82. The van der Waals surface area contributed by atoms with E-state index in [1.54, 1.807) is 14.2 Å². The summed E-state index contributed by atoms with van der Waals surface area (Å²) in [6.45, 7) is 5.32. The summed E-state index contributed by atoms with van der Waals surface area (Å²) in [6.07, 6.45) is 0. The van der Waals surface area contributed by atoms with Gasteiger partial charge in [-0.15, -0.1) is 0 Å². The zero-order valence-electron chi connectivity index (χ0n) is 10.8. The number of rotatable bonds is 6. The van der Waals surface area contributed by atoms with Crippen molar-refractivity contribution in [2.24, 2.45) is 0 Å². The topological polar surface area (TPSA) is 24.9 Å². The Balaban J connectivity index is 0.00000162. The number of nitrogens with zero attached hydrogens (tertiary/aromatic N) is 2. The van der Waals surface area contributed by atoms with E-state index in [9.17, 15) is 0 Å². The molecular weight excluding hydrogens is 317 g/mol. The normalized spacial score (nSPS) is 13.4. The molecule has 0 atom stereocenters. The van der Waals surface area contributed by atoms with E-state index >= 15 is 0 Å². The van der Waals surface area contributed by atoms with Gasteiger partial charge in [-0.1, -0.05) is 12.1 Å². The largest absolute Gasteiger partial charge is 1.00 e. The maximum atomic E-state index is 5.13. The number of hydrogen-bond donors (Lipinski definition) is 0. The molecule has 0 amide bonds. The average Bonchev–Trinajstić information content (AvgIpc) is 2.72. The summed E-state index contributed by atoms with van der Waals surface area (Å²) in [6, 6.07) is 8.39. The van der Waals surface area contributed by atoms with Crippen LogP contribution in [0.25, 0.3) is 0 Å². The molecule has 5 heteroatoms. The third kappa shape index (κ3) is 3.44. The van der Waals surface area contributed by atoms with Crippen LogP contribution in [-0.2, 0) is 29.0 Å². The van der Waals surface area contributed by atoms with E-state index in [4.69, 9.17) is 9.47 Å². The molecule has 18 heavy (non-hydrogen) atoms. The average molecular weight is 336 g/mol. The SMILES string of the molecule is COCCN1[CH-]N(CCOC)c2ccccc21.[Ru+]. The van der Waals surface area contributed by atoms with Crippen molar-refractivity contribution in [1.82, 2.24) is 0 Å². The van der Waals surface area contributed by atoms with Crippen molar-refractivity contribution in [2.75, 3.05) is 50.3 Å². The minimum atomic E-state index is 0. The summed E-state index contributed by atoms with van der Waals surface area (Å²) in [7, 11) is 3.45. The van der Waals surface area contributed by atoms with E-state index in [0.717, 1.165) is 26.3 Å². The molecule has 101 valence electrons. The van der Waals surface area contributed by atoms with Crippen LogP contribution in [0.3, 0.4) is 0 Å². The van der Waals surface area contributed by atoms with E-state index in [0.29, 0.717) is 0 Å². The van der Waals surface area contributed by atoms with Gasteiger partial charge < -0.3 is 19.3 Å². The van der Waals surface area contributed by atoms with Gasteiger partial charge in [0.25, 0.3) is 0 Å². The molecule has 4 nitrogen and oxygen atoms in total. The molecule has 1 radical (unpaired) electrons. The number of ether oxygens (including phenoxy) is 2. The summed E-state index contributed by atoms with van der Waals surface area (Å²) in [4.78, 5) is 4.43. The van der Waals surface area contributed by atoms with Crippen LogP contribution in [0.4, 0.5) is 11.4 Å². The van der Waals surface area contributed by atoms with E-state index < -0.39 is 0 Å². The fourth-order valence-electron chi connectivity index (χ4n) is 1.98. The van der Waals surface area contributed by atoms with Crippen LogP contribution >= 0.6 is 0 Å². The Hall–Kier alpha value is -0.637. The summed E-state index contributed by atoms with van der Waals surface area (Å²) in [5, 5.41) is 0. The summed E-state index contributed by atoms with van der Waals surface area (Å²) < 4.78 is 10.3. The second-order valence-electron chi connectivity index (χ2n) is 3.98. The maximum absolute atomic E-state index is 5.13. The van der Waals surface area contributed by atoms with Crippen molar-refractivity contribution in [3.05, 3.63) is 30.9 Å². The second-order valence-corrected chi connectivity index (χ2v) is 3.98. The molecule has 0 unspecified atom stereocenters. The molecule has 0 aliphatic carbocycles. The van der Waals surface area contributed by atoms with Gasteiger partial charge in [-0.3, -0.25) is 0 Å². The summed E-state index contributed by atoms with van der Waals surface area (Å²) >= 11 is 0. The molecule has 1 aromatic rings. The number of methoxy groups -OCH3 is 2. The van der Waals surface area contributed by atoms with Crippen molar-refractivity contribution in [2.45, 2.75) is 0 Å². The Morgan fingerprint density at radius 3 is 1.78 bits per heavy atom. The Bertz CT molecular complexity index is 330. The first-order valence-electron chi connectivity index (χ1n) is 5.82. The van der Waals surface area contributed by atoms with Gasteiger partial charge in [-0.05, 0) is 12.1 Å². The standard InChI is InChI=1S/C13H19N2O2.Ru/c1-16-9-7-14-11-15(8-10-17-2)13-6-4-3-5-12(13)14;/h3-6,11H,7-10H2,1-2H3;/q-1;+1. The van der Waals surface area contributed by atoms with Gasteiger partial charge in [0.1, 0.15) is 0 Å². The number of para-hydroxylation sites is 2. The van der Waals surface area contributed by atoms with Gasteiger partial charge in [-0.2, -0.15) is 6.67 Å². The molecule has 0 saturated heterocycles. The Morgan fingerprint density at radius 2 is 1.39 bits per heavy atom. The van der Waals surface area contributed by atoms with Gasteiger partial charge in [0.15, 0.2) is 0 Å². The van der Waals surface area contributed by atoms with Gasteiger partial charge >= 0.3 is 19.5 Å². The smallest absolute Gasteiger partial charge is 0.500 e. The summed E-state index contributed by atoms with van der Waals surface area (Å²) in [5.41, 5.74) is 2.47. The molecule has 2 rings (SSSR count). The molecule has 1 aromatic carbocycles. The minimum absolute atomic E-state index is 0. The predicted octanol–water partition coefficient (Wildman–Crippen LogP) is 1.72. The minimum Gasteiger partial charge on any atom is -0.500 e. The van der Waals surface area contributed by atoms with Crippen molar-refractivity contribution < 1.29 is 29.0 Å². The van der Waals surface area contributed by atoms with Crippen molar-refractivity contribution >= 4 is 11.4 Å². The predicted molar refractivity (Wildman–Crippen MR) is 69.2 cm³/mol. The Morgan fingerprint density at radius 1 is 0.944 bits per heavy atom. The third-order valence-electron chi connectivity index (χ3n) is 2.85. The molecule has 0 spiro atoms. The molecular formula is C13H19N2O2Ru. The second kappa shape index (κ2) is 7.72. The van der Waals surface area contributed by atoms with Gasteiger partial charge in [0, 0.05) is 38.7 Å². The fraction of sp³-hybridized carbons (Fsp3) is 0.462. The van der Waals surface area contributed by atoms with Crippen LogP contribution in [0.2, 0.25) is 0 Å². The molecule has 1 aliphatic rings. The summed E-state index contributed by atoms with van der Waals surface area (Å²) in [5.74, 6) is 0. The van der Waals surface area contributed by atoms with E-state index in [1.165, 1.54) is 11.4 Å². The van der Waals surface area contributed by atoms with Gasteiger partial charge in [0.05, 0.1) is 13.2 Å². The van der Waals surface area contributed by atoms with Crippen LogP contribution in [0.5, 0.6) is 0 Å². The third-order valence-corrected chi connectivity index (χ3v) is 2.85. The zero-order chi connectivity index (χ0) is 12.1. The number of anilines is 2. The molecule has 1 heterocycles.